The van der Waals surface area contributed by atoms with Crippen molar-refractivity contribution in [3.63, 3.8) is 0 Å². The fourth-order valence-electron chi connectivity index (χ4n) is 5.45. The standard InChI is InChI=1S/C29H44O12.C28H46O9/c1-21(2)25(30)38-13-9-34-17-29(18-35-10-14-39-26(31)22(3)4,19-36-11-15-40-27(32)23(5)6)20-37-12-16-41-28(33)24(7)8;1-11-28(17-36-23(9)15-34-26(30)20(4)5,18-37-24(10)16-35-27(31)21(6)7)12-13-32-22(8)14-33-25(29)19(2)3/h1,3,5,7,9-20H2,2,4,6,8H3;22-24H,2,4,6,11-18H2,1,3,5,7-10H3. The normalized spacial score (nSPS) is 12.8. The third-order valence-corrected chi connectivity index (χ3v) is 10.4. The molecule has 444 valence electrons. The highest BCUT2D eigenvalue weighted by Crippen LogP contribution is 2.30. The summed E-state index contributed by atoms with van der Waals surface area (Å²) in [6.45, 7) is 45.1. The maximum absolute atomic E-state index is 11.7. The van der Waals surface area contributed by atoms with Gasteiger partial charge in [-0.1, -0.05) is 53.0 Å². The smallest absolute Gasteiger partial charge is 0.333 e. The van der Waals surface area contributed by atoms with Crippen LogP contribution in [-0.4, -0.2) is 179 Å². The van der Waals surface area contributed by atoms with Crippen molar-refractivity contribution in [1.82, 2.24) is 0 Å². The second-order valence-electron chi connectivity index (χ2n) is 19.0. The van der Waals surface area contributed by atoms with Crippen molar-refractivity contribution in [2.45, 2.75) is 107 Å². The first-order chi connectivity index (χ1) is 36.5. The average molecular weight is 1110 g/mol. The van der Waals surface area contributed by atoms with E-state index in [-0.39, 0.29) is 140 Å². The van der Waals surface area contributed by atoms with Gasteiger partial charge in [0, 0.05) is 51.0 Å². The Morgan fingerprint density at radius 3 is 0.782 bits per heavy atom. The molecule has 0 spiro atoms. The molecule has 0 aliphatic heterocycles. The minimum Gasteiger partial charge on any atom is -0.460 e. The van der Waals surface area contributed by atoms with Crippen LogP contribution in [0.3, 0.4) is 0 Å². The zero-order chi connectivity index (χ0) is 59.9. The number of esters is 7. The number of hydrogen-bond acceptors (Lipinski definition) is 21. The quantitative estimate of drug-likeness (QED) is 0.0261. The van der Waals surface area contributed by atoms with Gasteiger partial charge in [-0.2, -0.15) is 0 Å². The Labute approximate surface area is 462 Å². The third-order valence-electron chi connectivity index (χ3n) is 10.4. The number of carbonyl (C=O) groups is 7. The van der Waals surface area contributed by atoms with E-state index in [1.807, 2.05) is 27.7 Å². The van der Waals surface area contributed by atoms with Crippen LogP contribution in [-0.2, 0) is 99.9 Å². The van der Waals surface area contributed by atoms with Crippen molar-refractivity contribution in [1.29, 1.82) is 0 Å². The monoisotopic (exact) mass is 1110 g/mol. The molecule has 0 amide bonds. The topological polar surface area (TPSA) is 249 Å². The molecule has 0 aromatic heterocycles. The van der Waals surface area contributed by atoms with Gasteiger partial charge in [-0.25, -0.2) is 33.6 Å². The Morgan fingerprint density at radius 2 is 0.551 bits per heavy atom. The van der Waals surface area contributed by atoms with Gasteiger partial charge in [0.15, 0.2) is 0 Å². The van der Waals surface area contributed by atoms with E-state index in [0.29, 0.717) is 49.4 Å². The second kappa shape index (κ2) is 42.2. The van der Waals surface area contributed by atoms with E-state index in [9.17, 15) is 33.6 Å². The van der Waals surface area contributed by atoms with Gasteiger partial charge in [0.05, 0.1) is 89.8 Å². The maximum Gasteiger partial charge on any atom is 0.333 e. The predicted molar refractivity (Wildman–Crippen MR) is 290 cm³/mol. The van der Waals surface area contributed by atoms with E-state index in [1.54, 1.807) is 20.8 Å². The highest BCUT2D eigenvalue weighted by atomic mass is 16.6. The zero-order valence-electron chi connectivity index (χ0n) is 48.4. The van der Waals surface area contributed by atoms with E-state index in [1.165, 1.54) is 27.7 Å². The highest BCUT2D eigenvalue weighted by molar-refractivity contribution is 5.89. The summed E-state index contributed by atoms with van der Waals surface area (Å²) in [4.78, 5) is 81.4. The van der Waals surface area contributed by atoms with Crippen LogP contribution in [0.1, 0.15) is 89.0 Å². The molecule has 21 heteroatoms. The molecule has 0 rings (SSSR count). The zero-order valence-corrected chi connectivity index (χ0v) is 48.4. The molecule has 3 atom stereocenters. The minimum atomic E-state index is -0.895. The number of hydrogen-bond donors (Lipinski definition) is 0. The van der Waals surface area contributed by atoms with Crippen molar-refractivity contribution in [3.8, 4) is 0 Å². The summed E-state index contributed by atoms with van der Waals surface area (Å²) < 4.78 is 76.8. The van der Waals surface area contributed by atoms with Crippen LogP contribution in [0.15, 0.2) is 85.1 Å². The van der Waals surface area contributed by atoms with Crippen molar-refractivity contribution in [2.24, 2.45) is 10.8 Å². The Bertz CT molecular complexity index is 1800. The van der Waals surface area contributed by atoms with Crippen molar-refractivity contribution in [3.05, 3.63) is 85.1 Å². The molecule has 0 fully saturated rings. The predicted octanol–water partition coefficient (Wildman–Crippen LogP) is 6.86. The van der Waals surface area contributed by atoms with E-state index in [2.05, 4.69) is 46.1 Å². The van der Waals surface area contributed by atoms with E-state index >= 15 is 0 Å². The molecule has 0 radical (unpaired) electrons. The molecule has 0 saturated heterocycles. The summed E-state index contributed by atoms with van der Waals surface area (Å²) in [6, 6.07) is 0. The third kappa shape index (κ3) is 37.1. The van der Waals surface area contributed by atoms with Crippen LogP contribution >= 0.6 is 0 Å². The summed E-state index contributed by atoms with van der Waals surface area (Å²) in [5.41, 5.74) is 0.722. The summed E-state index contributed by atoms with van der Waals surface area (Å²) in [5, 5.41) is 0. The number of carbonyl (C=O) groups excluding carboxylic acids is 7. The lowest BCUT2D eigenvalue weighted by Crippen LogP contribution is -2.43. The Kier molecular flexibility index (Phi) is 40.2. The Balaban J connectivity index is 0. The lowest BCUT2D eigenvalue weighted by Gasteiger charge is -2.34. The summed E-state index contributed by atoms with van der Waals surface area (Å²) in [5.74, 6) is -3.52. The molecule has 3 unspecified atom stereocenters. The lowest BCUT2D eigenvalue weighted by atomic mass is 9.83. The van der Waals surface area contributed by atoms with Crippen LogP contribution in [0, 0.1) is 10.8 Å². The first-order valence-corrected chi connectivity index (χ1v) is 25.5. The molecule has 0 aromatic rings. The molecule has 0 N–H and O–H groups in total. The van der Waals surface area contributed by atoms with E-state index in [0.717, 1.165) is 0 Å². The maximum atomic E-state index is 11.7. The van der Waals surface area contributed by atoms with Crippen LogP contribution in [0.25, 0.3) is 0 Å². The van der Waals surface area contributed by atoms with Crippen LogP contribution < -0.4 is 0 Å². The fraction of sp³-hybridized carbons (Fsp3) is 0.632. The molecule has 0 saturated carbocycles. The molecule has 78 heavy (non-hydrogen) atoms. The highest BCUT2D eigenvalue weighted by Gasteiger charge is 2.34. The molecule has 0 aliphatic carbocycles. The van der Waals surface area contributed by atoms with Gasteiger partial charge in [-0.3, -0.25) is 0 Å². The fourth-order valence-corrected chi connectivity index (χ4v) is 5.45. The molecule has 0 aliphatic rings. The molecular weight excluding hydrogens is 1020 g/mol. The van der Waals surface area contributed by atoms with Gasteiger partial charge < -0.3 is 66.3 Å². The van der Waals surface area contributed by atoms with Crippen LogP contribution in [0.4, 0.5) is 0 Å². The van der Waals surface area contributed by atoms with Crippen LogP contribution in [0.2, 0.25) is 0 Å². The summed E-state index contributed by atoms with van der Waals surface area (Å²) >= 11 is 0. The van der Waals surface area contributed by atoms with Gasteiger partial charge >= 0.3 is 41.8 Å². The minimum absolute atomic E-state index is 0.00505. The Hall–Kier alpha value is -5.81. The number of ether oxygens (including phenoxy) is 14. The number of rotatable bonds is 44. The van der Waals surface area contributed by atoms with Gasteiger partial charge in [0.25, 0.3) is 0 Å². The molecular formula is C57H90O21. The van der Waals surface area contributed by atoms with Gasteiger partial charge in [-0.05, 0) is 82.1 Å². The lowest BCUT2D eigenvalue weighted by molar-refractivity contribution is -0.149. The van der Waals surface area contributed by atoms with Crippen molar-refractivity contribution in [2.75, 3.05) is 119 Å². The summed E-state index contributed by atoms with van der Waals surface area (Å²) in [7, 11) is 0. The first kappa shape index (κ1) is 74.3. The second-order valence-corrected chi connectivity index (χ2v) is 19.0. The summed E-state index contributed by atoms with van der Waals surface area (Å²) in [6.07, 6.45) is 0.319. The molecule has 0 aromatic carbocycles. The van der Waals surface area contributed by atoms with Gasteiger partial charge in [0.2, 0.25) is 0 Å². The molecule has 0 heterocycles. The Morgan fingerprint density at radius 1 is 0.321 bits per heavy atom. The first-order valence-electron chi connectivity index (χ1n) is 25.5. The average Bonchev–Trinajstić information content (AvgIpc) is 3.38. The SMILES string of the molecule is C=C(C)C(=O)OCC(C)OCCC(CC)(COC(C)COC(=O)C(=C)C)COC(C)COC(=O)C(=C)C.C=C(C)C(=O)OCCOCC(COCCOC(=O)C(=C)C)(COCCOC(=O)C(=C)C)COCCOC(=O)C(=C)C. The van der Waals surface area contributed by atoms with Crippen LogP contribution in [0.5, 0.6) is 0 Å². The molecule has 0 bridgehead atoms. The van der Waals surface area contributed by atoms with Gasteiger partial charge in [-0.15, -0.1) is 0 Å². The van der Waals surface area contributed by atoms with Crippen molar-refractivity contribution < 1.29 is 99.9 Å². The van der Waals surface area contributed by atoms with E-state index in [4.69, 9.17) is 66.3 Å². The molecule has 21 nitrogen and oxygen atoms in total. The van der Waals surface area contributed by atoms with E-state index < -0.39 is 52.6 Å². The van der Waals surface area contributed by atoms with Gasteiger partial charge in [0.1, 0.15) is 46.2 Å². The van der Waals surface area contributed by atoms with Crippen molar-refractivity contribution >= 4 is 41.8 Å². The largest absolute Gasteiger partial charge is 0.460 e.